The molecule has 0 spiro atoms. The maximum absolute atomic E-state index is 13.2. The molecule has 0 radical (unpaired) electrons. The van der Waals surface area contributed by atoms with Crippen molar-refractivity contribution in [3.63, 3.8) is 0 Å². The maximum Gasteiger partial charge on any atom is 0.247 e. The van der Waals surface area contributed by atoms with Crippen LogP contribution in [0.5, 0.6) is 0 Å². The topological polar surface area (TPSA) is 59.8 Å². The van der Waals surface area contributed by atoms with E-state index in [1.54, 1.807) is 6.20 Å². The third-order valence-corrected chi connectivity index (χ3v) is 5.27. The fourth-order valence-electron chi connectivity index (χ4n) is 3.74. The molecule has 1 N–H and O–H groups in total. The summed E-state index contributed by atoms with van der Waals surface area (Å²) in [6, 6.07) is 27.1. The molecule has 0 aliphatic heterocycles. The van der Waals surface area contributed by atoms with Crippen molar-refractivity contribution in [2.24, 2.45) is 0 Å². The SMILES string of the molecule is CC(C(=O)Nc1ccc2ccccc2c1)n1c(-c2ccccn2)nc2ccccc21. The van der Waals surface area contributed by atoms with Gasteiger partial charge in [0.1, 0.15) is 11.7 Å². The number of para-hydroxylation sites is 2. The predicted octanol–water partition coefficient (Wildman–Crippen LogP) is 5.45. The van der Waals surface area contributed by atoms with Crippen molar-refractivity contribution in [2.75, 3.05) is 5.32 Å². The average molecular weight is 392 g/mol. The van der Waals surface area contributed by atoms with E-state index in [1.807, 2.05) is 90.4 Å². The number of aromatic nitrogens is 3. The Morgan fingerprint density at radius 2 is 1.67 bits per heavy atom. The van der Waals surface area contributed by atoms with Gasteiger partial charge in [-0.1, -0.05) is 48.5 Å². The van der Waals surface area contributed by atoms with Crippen LogP contribution in [0, 0.1) is 0 Å². The lowest BCUT2D eigenvalue weighted by molar-refractivity contribution is -0.118. The van der Waals surface area contributed by atoms with Gasteiger partial charge in [0, 0.05) is 11.9 Å². The minimum atomic E-state index is -0.471. The molecule has 0 aliphatic rings. The van der Waals surface area contributed by atoms with Gasteiger partial charge in [0.05, 0.1) is 11.0 Å². The fourth-order valence-corrected chi connectivity index (χ4v) is 3.74. The monoisotopic (exact) mass is 392 g/mol. The molecule has 3 aromatic carbocycles. The van der Waals surface area contributed by atoms with Crippen molar-refractivity contribution >= 4 is 33.4 Å². The molecule has 0 saturated carbocycles. The highest BCUT2D eigenvalue weighted by Gasteiger charge is 2.23. The van der Waals surface area contributed by atoms with Crippen LogP contribution in [0.2, 0.25) is 0 Å². The number of imidazole rings is 1. The molecule has 1 unspecified atom stereocenters. The lowest BCUT2D eigenvalue weighted by atomic mass is 10.1. The summed E-state index contributed by atoms with van der Waals surface area (Å²) in [5.74, 6) is 0.573. The summed E-state index contributed by atoms with van der Waals surface area (Å²) in [6.45, 7) is 1.89. The standard InChI is InChI=1S/C25H20N4O/c1-17(25(30)27-20-14-13-18-8-2-3-9-19(18)16-20)29-23-12-5-4-10-21(23)28-24(29)22-11-6-7-15-26-22/h2-17H,1H3,(H,27,30). The lowest BCUT2D eigenvalue weighted by Crippen LogP contribution is -2.24. The second-order valence-corrected chi connectivity index (χ2v) is 7.24. The molecule has 5 heteroatoms. The van der Waals surface area contributed by atoms with Gasteiger partial charge in [0.2, 0.25) is 5.91 Å². The van der Waals surface area contributed by atoms with E-state index in [9.17, 15) is 4.79 Å². The summed E-state index contributed by atoms with van der Waals surface area (Å²) in [5.41, 5.74) is 3.25. The van der Waals surface area contributed by atoms with Gasteiger partial charge >= 0.3 is 0 Å². The quantitative estimate of drug-likeness (QED) is 0.442. The van der Waals surface area contributed by atoms with Gasteiger partial charge in [-0.25, -0.2) is 4.98 Å². The molecule has 146 valence electrons. The van der Waals surface area contributed by atoms with E-state index in [2.05, 4.69) is 16.4 Å². The molecule has 30 heavy (non-hydrogen) atoms. The highest BCUT2D eigenvalue weighted by molar-refractivity contribution is 5.97. The number of hydrogen-bond acceptors (Lipinski definition) is 3. The third-order valence-electron chi connectivity index (χ3n) is 5.27. The zero-order chi connectivity index (χ0) is 20.5. The second-order valence-electron chi connectivity index (χ2n) is 7.24. The molecule has 5 aromatic rings. The first-order chi connectivity index (χ1) is 14.7. The van der Waals surface area contributed by atoms with E-state index in [0.29, 0.717) is 5.82 Å². The largest absolute Gasteiger partial charge is 0.324 e. The van der Waals surface area contributed by atoms with E-state index >= 15 is 0 Å². The highest BCUT2D eigenvalue weighted by atomic mass is 16.2. The first-order valence-electron chi connectivity index (χ1n) is 9.89. The minimum absolute atomic E-state index is 0.106. The summed E-state index contributed by atoms with van der Waals surface area (Å²) in [6.07, 6.45) is 1.73. The normalized spacial score (nSPS) is 12.2. The number of rotatable bonds is 4. The van der Waals surface area contributed by atoms with Crippen LogP contribution in [0.1, 0.15) is 13.0 Å². The smallest absolute Gasteiger partial charge is 0.247 e. The van der Waals surface area contributed by atoms with Crippen molar-refractivity contribution in [3.05, 3.63) is 91.1 Å². The van der Waals surface area contributed by atoms with Crippen molar-refractivity contribution in [3.8, 4) is 11.5 Å². The number of carbonyl (C=O) groups excluding carboxylic acids is 1. The molecule has 2 heterocycles. The Morgan fingerprint density at radius 1 is 0.900 bits per heavy atom. The number of pyridine rings is 1. The first kappa shape index (κ1) is 18.1. The number of nitrogens with one attached hydrogen (secondary N) is 1. The number of nitrogens with zero attached hydrogens (tertiary/aromatic N) is 3. The molecule has 0 fully saturated rings. The van der Waals surface area contributed by atoms with Gasteiger partial charge in [-0.2, -0.15) is 0 Å². The molecular weight excluding hydrogens is 372 g/mol. The summed E-state index contributed by atoms with van der Waals surface area (Å²) in [4.78, 5) is 22.4. The Kier molecular flexibility index (Phi) is 4.48. The van der Waals surface area contributed by atoms with Gasteiger partial charge in [-0.3, -0.25) is 9.78 Å². The Balaban J connectivity index is 1.53. The molecule has 0 aliphatic carbocycles. The van der Waals surface area contributed by atoms with Crippen molar-refractivity contribution in [1.82, 2.24) is 14.5 Å². The lowest BCUT2D eigenvalue weighted by Gasteiger charge is -2.17. The zero-order valence-electron chi connectivity index (χ0n) is 16.5. The summed E-state index contributed by atoms with van der Waals surface area (Å²) in [5, 5.41) is 5.29. The van der Waals surface area contributed by atoms with Crippen LogP contribution in [0.4, 0.5) is 5.69 Å². The number of anilines is 1. The van der Waals surface area contributed by atoms with Crippen LogP contribution in [0.3, 0.4) is 0 Å². The van der Waals surface area contributed by atoms with E-state index < -0.39 is 6.04 Å². The average Bonchev–Trinajstić information content (AvgIpc) is 3.18. The van der Waals surface area contributed by atoms with Crippen LogP contribution in [-0.4, -0.2) is 20.4 Å². The molecule has 5 rings (SSSR count). The van der Waals surface area contributed by atoms with E-state index in [4.69, 9.17) is 4.98 Å². The minimum Gasteiger partial charge on any atom is -0.324 e. The number of fused-ring (bicyclic) bond motifs is 2. The Labute approximate surface area is 174 Å². The van der Waals surface area contributed by atoms with E-state index in [-0.39, 0.29) is 5.91 Å². The predicted molar refractivity (Wildman–Crippen MR) is 120 cm³/mol. The molecule has 0 bridgehead atoms. The van der Waals surface area contributed by atoms with Crippen molar-refractivity contribution in [2.45, 2.75) is 13.0 Å². The summed E-state index contributed by atoms with van der Waals surface area (Å²) >= 11 is 0. The maximum atomic E-state index is 13.2. The summed E-state index contributed by atoms with van der Waals surface area (Å²) in [7, 11) is 0. The molecule has 2 aromatic heterocycles. The van der Waals surface area contributed by atoms with Crippen LogP contribution in [-0.2, 0) is 4.79 Å². The Morgan fingerprint density at radius 3 is 2.50 bits per heavy atom. The van der Waals surface area contributed by atoms with E-state index in [0.717, 1.165) is 33.2 Å². The second kappa shape index (κ2) is 7.44. The summed E-state index contributed by atoms with van der Waals surface area (Å²) < 4.78 is 1.95. The van der Waals surface area contributed by atoms with Crippen LogP contribution in [0.25, 0.3) is 33.3 Å². The molecular formula is C25H20N4O. The van der Waals surface area contributed by atoms with Crippen LogP contribution in [0.15, 0.2) is 91.1 Å². The van der Waals surface area contributed by atoms with Gasteiger partial charge in [0.15, 0.2) is 5.82 Å². The van der Waals surface area contributed by atoms with Crippen molar-refractivity contribution in [1.29, 1.82) is 0 Å². The van der Waals surface area contributed by atoms with Gasteiger partial charge in [-0.15, -0.1) is 0 Å². The highest BCUT2D eigenvalue weighted by Crippen LogP contribution is 2.28. The number of benzene rings is 3. The van der Waals surface area contributed by atoms with Crippen LogP contribution < -0.4 is 5.32 Å². The van der Waals surface area contributed by atoms with Crippen LogP contribution >= 0.6 is 0 Å². The van der Waals surface area contributed by atoms with E-state index in [1.165, 1.54) is 0 Å². The number of amides is 1. The molecule has 0 saturated heterocycles. The number of carbonyl (C=O) groups is 1. The Hall–Kier alpha value is -3.99. The van der Waals surface area contributed by atoms with Gasteiger partial charge < -0.3 is 9.88 Å². The third kappa shape index (κ3) is 3.20. The number of hydrogen-bond donors (Lipinski definition) is 1. The zero-order valence-corrected chi connectivity index (χ0v) is 16.5. The first-order valence-corrected chi connectivity index (χ1v) is 9.89. The Bertz CT molecular complexity index is 1360. The molecule has 5 nitrogen and oxygen atoms in total. The fraction of sp³-hybridized carbons (Fsp3) is 0.0800. The van der Waals surface area contributed by atoms with Gasteiger partial charge in [0.25, 0.3) is 0 Å². The molecule has 1 amide bonds. The van der Waals surface area contributed by atoms with Gasteiger partial charge in [-0.05, 0) is 54.1 Å². The van der Waals surface area contributed by atoms with Crippen molar-refractivity contribution < 1.29 is 4.79 Å². The molecule has 1 atom stereocenters.